The molecule has 1 aromatic carbocycles. The number of aliphatic carboxylic acids is 1. The highest BCUT2D eigenvalue weighted by Crippen LogP contribution is 2.26. The fourth-order valence-corrected chi connectivity index (χ4v) is 2.20. The molecule has 19 heavy (non-hydrogen) atoms. The van der Waals surface area contributed by atoms with Crippen molar-refractivity contribution in [3.63, 3.8) is 0 Å². The molecule has 0 aliphatic carbocycles. The highest BCUT2D eigenvalue weighted by atomic mass is 16.4. The van der Waals surface area contributed by atoms with Crippen molar-refractivity contribution in [2.24, 2.45) is 5.92 Å². The fourth-order valence-electron chi connectivity index (χ4n) is 2.20. The number of hydrogen-bond donors (Lipinski definition) is 3. The van der Waals surface area contributed by atoms with Crippen LogP contribution in [0.5, 0.6) is 11.5 Å². The molecule has 0 aromatic heterocycles. The van der Waals surface area contributed by atoms with Gasteiger partial charge in [-0.3, -0.25) is 9.59 Å². The summed E-state index contributed by atoms with van der Waals surface area (Å²) in [6, 6.07) is 3.82. The molecule has 1 atom stereocenters. The number of carbonyl (C=O) groups is 2. The third-order valence-corrected chi connectivity index (χ3v) is 3.28. The van der Waals surface area contributed by atoms with E-state index in [-0.39, 0.29) is 29.5 Å². The first-order valence-electron chi connectivity index (χ1n) is 6.03. The van der Waals surface area contributed by atoms with Crippen LogP contribution in [0.3, 0.4) is 0 Å². The summed E-state index contributed by atoms with van der Waals surface area (Å²) in [6.07, 6.45) is 1.21. The minimum absolute atomic E-state index is 0.176. The normalized spacial score (nSPS) is 19.2. The van der Waals surface area contributed by atoms with Crippen LogP contribution in [0.2, 0.25) is 0 Å². The molecule has 1 aliphatic rings. The zero-order chi connectivity index (χ0) is 14.0. The Morgan fingerprint density at radius 2 is 1.95 bits per heavy atom. The number of carboxylic acids is 1. The Morgan fingerprint density at radius 3 is 2.58 bits per heavy atom. The van der Waals surface area contributed by atoms with Crippen LogP contribution in [0.4, 0.5) is 0 Å². The van der Waals surface area contributed by atoms with Crippen molar-refractivity contribution in [2.45, 2.75) is 12.8 Å². The predicted molar refractivity (Wildman–Crippen MR) is 66.0 cm³/mol. The first kappa shape index (κ1) is 13.2. The van der Waals surface area contributed by atoms with Crippen LogP contribution in [0.1, 0.15) is 23.2 Å². The molecular weight excluding hydrogens is 250 g/mol. The van der Waals surface area contributed by atoms with Gasteiger partial charge in [-0.15, -0.1) is 0 Å². The molecule has 1 unspecified atom stereocenters. The lowest BCUT2D eigenvalue weighted by atomic mass is 9.97. The maximum atomic E-state index is 12.2. The van der Waals surface area contributed by atoms with Gasteiger partial charge < -0.3 is 20.2 Å². The van der Waals surface area contributed by atoms with E-state index in [0.29, 0.717) is 19.4 Å². The maximum Gasteiger partial charge on any atom is 0.308 e. The van der Waals surface area contributed by atoms with Gasteiger partial charge in [0.25, 0.3) is 5.91 Å². The lowest BCUT2D eigenvalue weighted by Gasteiger charge is -2.30. The van der Waals surface area contributed by atoms with Gasteiger partial charge >= 0.3 is 5.97 Å². The zero-order valence-electron chi connectivity index (χ0n) is 10.2. The highest BCUT2D eigenvalue weighted by Gasteiger charge is 2.28. The number of piperidine rings is 1. The topological polar surface area (TPSA) is 98.1 Å². The van der Waals surface area contributed by atoms with Gasteiger partial charge in [0.15, 0.2) is 11.5 Å². The molecule has 0 radical (unpaired) electrons. The van der Waals surface area contributed by atoms with Crippen molar-refractivity contribution < 1.29 is 24.9 Å². The van der Waals surface area contributed by atoms with E-state index in [2.05, 4.69) is 0 Å². The number of amides is 1. The van der Waals surface area contributed by atoms with Crippen molar-refractivity contribution in [3.05, 3.63) is 23.8 Å². The lowest BCUT2D eigenvalue weighted by molar-refractivity contribution is -0.143. The minimum Gasteiger partial charge on any atom is -0.504 e. The summed E-state index contributed by atoms with van der Waals surface area (Å²) in [5.74, 6) is -2.42. The number of likely N-dealkylation sites (tertiary alicyclic amines) is 1. The molecule has 1 amide bonds. The Labute approximate surface area is 109 Å². The number of phenolic OH excluding ortho intramolecular Hbond substituents is 2. The lowest BCUT2D eigenvalue weighted by Crippen LogP contribution is -2.42. The van der Waals surface area contributed by atoms with Crippen LogP contribution in [0.25, 0.3) is 0 Å². The van der Waals surface area contributed by atoms with Gasteiger partial charge in [-0.25, -0.2) is 0 Å². The summed E-state index contributed by atoms with van der Waals surface area (Å²) in [7, 11) is 0. The van der Waals surface area contributed by atoms with Crippen LogP contribution < -0.4 is 0 Å². The van der Waals surface area contributed by atoms with E-state index >= 15 is 0 Å². The molecule has 6 nitrogen and oxygen atoms in total. The van der Waals surface area contributed by atoms with Gasteiger partial charge in [-0.05, 0) is 31.0 Å². The molecule has 1 fully saturated rings. The second-order valence-corrected chi connectivity index (χ2v) is 4.63. The first-order chi connectivity index (χ1) is 8.99. The number of carboxylic acid groups (broad SMARTS) is 1. The summed E-state index contributed by atoms with van der Waals surface area (Å²) < 4.78 is 0. The van der Waals surface area contributed by atoms with Crippen LogP contribution in [0.15, 0.2) is 18.2 Å². The molecular formula is C13H15NO5. The third-order valence-electron chi connectivity index (χ3n) is 3.28. The molecule has 1 aliphatic heterocycles. The Balaban J connectivity index is 2.14. The summed E-state index contributed by atoms with van der Waals surface area (Å²) in [4.78, 5) is 24.6. The Hall–Kier alpha value is -2.24. The van der Waals surface area contributed by atoms with E-state index in [1.807, 2.05) is 0 Å². The second kappa shape index (κ2) is 5.17. The SMILES string of the molecule is O=C(O)C1CCCN(C(=O)c2ccc(O)c(O)c2)C1. The molecule has 0 saturated carbocycles. The van der Waals surface area contributed by atoms with Gasteiger partial charge in [-0.2, -0.15) is 0 Å². The third kappa shape index (κ3) is 2.78. The molecule has 0 bridgehead atoms. The van der Waals surface area contributed by atoms with E-state index in [0.717, 1.165) is 0 Å². The predicted octanol–water partition coefficient (Wildman–Crippen LogP) is 1.03. The number of aromatic hydroxyl groups is 2. The molecule has 6 heteroatoms. The molecule has 102 valence electrons. The highest BCUT2D eigenvalue weighted by molar-refractivity contribution is 5.95. The number of nitrogens with zero attached hydrogens (tertiary/aromatic N) is 1. The van der Waals surface area contributed by atoms with Gasteiger partial charge in [0, 0.05) is 18.7 Å². The fraction of sp³-hybridized carbons (Fsp3) is 0.385. The van der Waals surface area contributed by atoms with Gasteiger partial charge in [0.05, 0.1) is 5.92 Å². The van der Waals surface area contributed by atoms with E-state index in [4.69, 9.17) is 5.11 Å². The van der Waals surface area contributed by atoms with Gasteiger partial charge in [-0.1, -0.05) is 0 Å². The average molecular weight is 265 g/mol. The molecule has 1 saturated heterocycles. The van der Waals surface area contributed by atoms with Crippen LogP contribution in [-0.2, 0) is 4.79 Å². The largest absolute Gasteiger partial charge is 0.504 e. The minimum atomic E-state index is -0.897. The molecule has 1 aromatic rings. The van der Waals surface area contributed by atoms with Crippen molar-refractivity contribution in [2.75, 3.05) is 13.1 Å². The van der Waals surface area contributed by atoms with E-state index in [9.17, 15) is 19.8 Å². The summed E-state index contributed by atoms with van der Waals surface area (Å²) in [5.41, 5.74) is 0.237. The Bertz CT molecular complexity index is 514. The van der Waals surface area contributed by atoms with Gasteiger partial charge in [0.2, 0.25) is 0 Å². The number of phenols is 2. The van der Waals surface area contributed by atoms with Crippen molar-refractivity contribution in [3.8, 4) is 11.5 Å². The second-order valence-electron chi connectivity index (χ2n) is 4.63. The van der Waals surface area contributed by atoms with Crippen molar-refractivity contribution in [1.82, 2.24) is 4.90 Å². The van der Waals surface area contributed by atoms with E-state index in [1.165, 1.54) is 23.1 Å². The quantitative estimate of drug-likeness (QED) is 0.694. The average Bonchev–Trinajstić information content (AvgIpc) is 2.41. The van der Waals surface area contributed by atoms with E-state index in [1.54, 1.807) is 0 Å². The number of rotatable bonds is 2. The smallest absolute Gasteiger partial charge is 0.308 e. The molecule has 2 rings (SSSR count). The van der Waals surface area contributed by atoms with Crippen LogP contribution in [-0.4, -0.2) is 45.2 Å². The Morgan fingerprint density at radius 1 is 1.21 bits per heavy atom. The molecule has 0 spiro atoms. The van der Waals surface area contributed by atoms with Crippen molar-refractivity contribution >= 4 is 11.9 Å². The number of hydrogen-bond acceptors (Lipinski definition) is 4. The first-order valence-corrected chi connectivity index (χ1v) is 6.03. The van der Waals surface area contributed by atoms with Gasteiger partial charge in [0.1, 0.15) is 0 Å². The summed E-state index contributed by atoms with van der Waals surface area (Å²) in [5, 5.41) is 27.5. The van der Waals surface area contributed by atoms with Crippen LogP contribution >= 0.6 is 0 Å². The summed E-state index contributed by atoms with van der Waals surface area (Å²) in [6.45, 7) is 0.681. The standard InChI is InChI=1S/C13H15NO5/c15-10-4-3-8(6-11(10)16)12(17)14-5-1-2-9(7-14)13(18)19/h3-4,6,9,15-16H,1-2,5,7H2,(H,18,19). The molecule has 3 N–H and O–H groups in total. The Kier molecular flexibility index (Phi) is 3.59. The number of benzene rings is 1. The van der Waals surface area contributed by atoms with Crippen molar-refractivity contribution in [1.29, 1.82) is 0 Å². The monoisotopic (exact) mass is 265 g/mol. The van der Waals surface area contributed by atoms with E-state index < -0.39 is 11.9 Å². The maximum absolute atomic E-state index is 12.2. The summed E-state index contributed by atoms with van der Waals surface area (Å²) >= 11 is 0. The molecule has 1 heterocycles. The van der Waals surface area contributed by atoms with Crippen LogP contribution in [0, 0.1) is 5.92 Å². The zero-order valence-corrected chi connectivity index (χ0v) is 10.2. The number of carbonyl (C=O) groups excluding carboxylic acids is 1.